The van der Waals surface area contributed by atoms with E-state index < -0.39 is 0 Å². The molecule has 0 saturated carbocycles. The quantitative estimate of drug-likeness (QED) is 0.818. The first kappa shape index (κ1) is 11.2. The minimum absolute atomic E-state index is 0.473. The lowest BCUT2D eigenvalue weighted by Crippen LogP contribution is -1.92. The Morgan fingerprint density at radius 3 is 2.62 bits per heavy atom. The Bertz CT molecular complexity index is 482. The minimum Gasteiger partial charge on any atom is -0.278 e. The maximum Gasteiger partial charge on any atom is 0.0726 e. The Morgan fingerprint density at radius 2 is 2.00 bits per heavy atom. The van der Waals surface area contributed by atoms with Crippen molar-refractivity contribution in [3.05, 3.63) is 29.5 Å². The molecule has 86 valence electrons. The third-order valence-electron chi connectivity index (χ3n) is 3.34. The molecule has 2 heteroatoms. The van der Waals surface area contributed by atoms with E-state index >= 15 is 0 Å². The fourth-order valence-electron chi connectivity index (χ4n) is 2.03. The lowest BCUT2D eigenvalue weighted by Gasteiger charge is -2.09. The Kier molecular flexibility index (Phi) is 2.99. The molecule has 16 heavy (non-hydrogen) atoms. The van der Waals surface area contributed by atoms with Crippen molar-refractivity contribution in [1.29, 1.82) is 0 Å². The molecule has 1 unspecified atom stereocenters. The summed E-state index contributed by atoms with van der Waals surface area (Å²) in [5.41, 5.74) is 3.74. The van der Waals surface area contributed by atoms with Crippen molar-refractivity contribution in [1.82, 2.24) is 10.2 Å². The average Bonchev–Trinajstić information content (AvgIpc) is 2.70. The summed E-state index contributed by atoms with van der Waals surface area (Å²) in [6.07, 6.45) is 1.18. The lowest BCUT2D eigenvalue weighted by atomic mass is 9.96. The average molecular weight is 216 g/mol. The standard InChI is InChI=1S/C14H20N2/c1-5-10(4)11-6-7-13-12(8-11)14(9(2)3)16-15-13/h6-10H,5H2,1-4H3,(H,15,16). The summed E-state index contributed by atoms with van der Waals surface area (Å²) in [6.45, 7) is 8.88. The third-order valence-corrected chi connectivity index (χ3v) is 3.34. The summed E-state index contributed by atoms with van der Waals surface area (Å²) in [7, 11) is 0. The molecule has 0 aliphatic carbocycles. The van der Waals surface area contributed by atoms with Gasteiger partial charge in [0.25, 0.3) is 0 Å². The Labute approximate surface area is 97.1 Å². The molecule has 0 amide bonds. The van der Waals surface area contributed by atoms with Gasteiger partial charge in [-0.1, -0.05) is 33.8 Å². The molecule has 0 aliphatic rings. The summed E-state index contributed by atoms with van der Waals surface area (Å²) in [5.74, 6) is 1.10. The molecule has 1 aromatic carbocycles. The predicted octanol–water partition coefficient (Wildman–Crippen LogP) is 4.20. The topological polar surface area (TPSA) is 28.7 Å². The van der Waals surface area contributed by atoms with E-state index in [-0.39, 0.29) is 0 Å². The number of aromatic amines is 1. The Balaban J connectivity index is 2.54. The summed E-state index contributed by atoms with van der Waals surface area (Å²) in [4.78, 5) is 0. The van der Waals surface area contributed by atoms with Crippen LogP contribution in [0.4, 0.5) is 0 Å². The van der Waals surface area contributed by atoms with E-state index in [2.05, 4.69) is 56.1 Å². The molecule has 0 aliphatic heterocycles. The number of hydrogen-bond donors (Lipinski definition) is 1. The zero-order valence-electron chi connectivity index (χ0n) is 10.5. The number of nitrogens with zero attached hydrogens (tertiary/aromatic N) is 1. The molecule has 2 rings (SSSR count). The SMILES string of the molecule is CCC(C)c1ccc2[nH]nc(C(C)C)c2c1. The van der Waals surface area contributed by atoms with Crippen LogP contribution in [0.1, 0.15) is 57.2 Å². The molecule has 1 heterocycles. The molecule has 0 saturated heterocycles. The van der Waals surface area contributed by atoms with Crippen molar-refractivity contribution in [2.24, 2.45) is 0 Å². The van der Waals surface area contributed by atoms with Crippen LogP contribution < -0.4 is 0 Å². The molecule has 0 fully saturated rings. The van der Waals surface area contributed by atoms with Crippen molar-refractivity contribution in [2.75, 3.05) is 0 Å². The van der Waals surface area contributed by atoms with Crippen LogP contribution in [0.15, 0.2) is 18.2 Å². The van der Waals surface area contributed by atoms with Gasteiger partial charge in [-0.25, -0.2) is 0 Å². The first-order chi connectivity index (χ1) is 7.63. The smallest absolute Gasteiger partial charge is 0.0726 e. The predicted molar refractivity (Wildman–Crippen MR) is 68.9 cm³/mol. The Hall–Kier alpha value is -1.31. The van der Waals surface area contributed by atoms with Gasteiger partial charge < -0.3 is 0 Å². The van der Waals surface area contributed by atoms with Gasteiger partial charge >= 0.3 is 0 Å². The lowest BCUT2D eigenvalue weighted by molar-refractivity contribution is 0.734. The van der Waals surface area contributed by atoms with Gasteiger partial charge in [0.15, 0.2) is 0 Å². The van der Waals surface area contributed by atoms with Crippen molar-refractivity contribution < 1.29 is 0 Å². The fourth-order valence-corrected chi connectivity index (χ4v) is 2.03. The largest absolute Gasteiger partial charge is 0.278 e. The monoisotopic (exact) mass is 216 g/mol. The highest BCUT2D eigenvalue weighted by atomic mass is 15.1. The van der Waals surface area contributed by atoms with Gasteiger partial charge in [0, 0.05) is 5.39 Å². The number of fused-ring (bicyclic) bond motifs is 1. The number of nitrogens with one attached hydrogen (secondary N) is 1. The molecule has 0 radical (unpaired) electrons. The molecule has 0 bridgehead atoms. The highest BCUT2D eigenvalue weighted by molar-refractivity contribution is 5.82. The molecular weight excluding hydrogens is 196 g/mol. The zero-order chi connectivity index (χ0) is 11.7. The van der Waals surface area contributed by atoms with Gasteiger partial charge in [-0.3, -0.25) is 5.10 Å². The molecule has 1 atom stereocenters. The summed E-state index contributed by atoms with van der Waals surface area (Å²) in [5, 5.41) is 8.78. The van der Waals surface area contributed by atoms with Gasteiger partial charge in [0.1, 0.15) is 0 Å². The van der Waals surface area contributed by atoms with Crippen molar-refractivity contribution >= 4 is 10.9 Å². The van der Waals surface area contributed by atoms with Crippen LogP contribution in [0.2, 0.25) is 0 Å². The van der Waals surface area contributed by atoms with Gasteiger partial charge in [-0.2, -0.15) is 5.10 Å². The number of rotatable bonds is 3. The van der Waals surface area contributed by atoms with Crippen LogP contribution in [0.5, 0.6) is 0 Å². The number of H-pyrrole nitrogens is 1. The van der Waals surface area contributed by atoms with E-state index in [4.69, 9.17) is 0 Å². The second-order valence-corrected chi connectivity index (χ2v) is 4.88. The third kappa shape index (κ3) is 1.84. The maximum absolute atomic E-state index is 4.40. The molecular formula is C14H20N2. The van der Waals surface area contributed by atoms with Crippen LogP contribution in [0, 0.1) is 0 Å². The van der Waals surface area contributed by atoms with Crippen LogP contribution in [-0.4, -0.2) is 10.2 Å². The molecule has 1 aromatic heterocycles. The second-order valence-electron chi connectivity index (χ2n) is 4.88. The van der Waals surface area contributed by atoms with Crippen LogP contribution in [0.3, 0.4) is 0 Å². The number of benzene rings is 1. The highest BCUT2D eigenvalue weighted by Gasteiger charge is 2.11. The van der Waals surface area contributed by atoms with E-state index in [9.17, 15) is 0 Å². The van der Waals surface area contributed by atoms with E-state index in [0.29, 0.717) is 11.8 Å². The molecule has 2 nitrogen and oxygen atoms in total. The molecule has 2 aromatic rings. The fraction of sp³-hybridized carbons (Fsp3) is 0.500. The molecule has 0 spiro atoms. The van der Waals surface area contributed by atoms with Gasteiger partial charge in [-0.15, -0.1) is 0 Å². The van der Waals surface area contributed by atoms with E-state index in [1.807, 2.05) is 0 Å². The first-order valence-electron chi connectivity index (χ1n) is 6.11. The highest BCUT2D eigenvalue weighted by Crippen LogP contribution is 2.27. The summed E-state index contributed by atoms with van der Waals surface area (Å²) < 4.78 is 0. The van der Waals surface area contributed by atoms with Gasteiger partial charge in [-0.05, 0) is 36.0 Å². The first-order valence-corrected chi connectivity index (χ1v) is 6.11. The zero-order valence-corrected chi connectivity index (χ0v) is 10.5. The normalized spacial score (nSPS) is 13.6. The van der Waals surface area contributed by atoms with Crippen molar-refractivity contribution in [3.8, 4) is 0 Å². The number of aromatic nitrogens is 2. The van der Waals surface area contributed by atoms with E-state index in [1.165, 1.54) is 23.1 Å². The van der Waals surface area contributed by atoms with Crippen LogP contribution in [-0.2, 0) is 0 Å². The number of hydrogen-bond acceptors (Lipinski definition) is 1. The minimum atomic E-state index is 0.473. The van der Waals surface area contributed by atoms with Gasteiger partial charge in [0.05, 0.1) is 11.2 Å². The summed E-state index contributed by atoms with van der Waals surface area (Å²) >= 11 is 0. The summed E-state index contributed by atoms with van der Waals surface area (Å²) in [6, 6.07) is 6.65. The van der Waals surface area contributed by atoms with Crippen molar-refractivity contribution in [2.45, 2.75) is 46.0 Å². The van der Waals surface area contributed by atoms with Crippen LogP contribution in [0.25, 0.3) is 10.9 Å². The van der Waals surface area contributed by atoms with Gasteiger partial charge in [0.2, 0.25) is 0 Å². The maximum atomic E-state index is 4.40. The van der Waals surface area contributed by atoms with Crippen LogP contribution >= 0.6 is 0 Å². The van der Waals surface area contributed by atoms with Crippen molar-refractivity contribution in [3.63, 3.8) is 0 Å². The Morgan fingerprint density at radius 1 is 1.25 bits per heavy atom. The second kappa shape index (κ2) is 4.28. The van der Waals surface area contributed by atoms with E-state index in [1.54, 1.807) is 0 Å². The van der Waals surface area contributed by atoms with E-state index in [0.717, 1.165) is 5.52 Å². The molecule has 1 N–H and O–H groups in total.